The maximum atomic E-state index is 12.1. The molecular weight excluding hydrogens is 356 g/mol. The van der Waals surface area contributed by atoms with Crippen LogP contribution in [0.1, 0.15) is 10.4 Å². The molecule has 0 unspecified atom stereocenters. The van der Waals surface area contributed by atoms with Gasteiger partial charge in [-0.25, -0.2) is 0 Å². The van der Waals surface area contributed by atoms with Crippen LogP contribution >= 0.6 is 22.7 Å². The molecule has 0 aliphatic carbocycles. The maximum absolute atomic E-state index is 12.1. The van der Waals surface area contributed by atoms with Gasteiger partial charge in [-0.05, 0) is 35.2 Å². The minimum Gasteiger partial charge on any atom is -0.484 e. The van der Waals surface area contributed by atoms with Crippen molar-refractivity contribution in [2.45, 2.75) is 13.0 Å². The van der Waals surface area contributed by atoms with Crippen LogP contribution in [0.15, 0.2) is 41.8 Å². The lowest BCUT2D eigenvalue weighted by Crippen LogP contribution is -2.25. The summed E-state index contributed by atoms with van der Waals surface area (Å²) in [5, 5.41) is 7.52. The third-order valence-corrected chi connectivity index (χ3v) is 5.68. The van der Waals surface area contributed by atoms with Gasteiger partial charge in [-0.3, -0.25) is 9.59 Å². The molecule has 0 radical (unpaired) electrons. The lowest BCUT2D eigenvalue weighted by Gasteiger charge is -2.07. The van der Waals surface area contributed by atoms with Crippen molar-refractivity contribution in [2.24, 2.45) is 0 Å². The third-order valence-electron chi connectivity index (χ3n) is 3.59. The molecule has 3 rings (SSSR count). The molecule has 0 saturated carbocycles. The smallest absolute Gasteiger partial charge is 0.257 e. The van der Waals surface area contributed by atoms with Gasteiger partial charge in [-0.2, -0.15) is 0 Å². The Morgan fingerprint density at radius 3 is 2.60 bits per heavy atom. The molecule has 2 aromatic heterocycles. The monoisotopic (exact) mass is 374 g/mol. The van der Waals surface area contributed by atoms with Crippen LogP contribution < -0.4 is 15.4 Å². The molecule has 1 aromatic carbocycles. The highest BCUT2D eigenvalue weighted by Crippen LogP contribution is 2.29. The molecule has 0 spiro atoms. The minimum atomic E-state index is -0.183. The van der Waals surface area contributed by atoms with Crippen LogP contribution in [-0.4, -0.2) is 25.5 Å². The summed E-state index contributed by atoms with van der Waals surface area (Å²) in [6.45, 7) is 0.535. The summed E-state index contributed by atoms with van der Waals surface area (Å²) in [7, 11) is 1.56. The molecule has 0 aliphatic heterocycles. The van der Waals surface area contributed by atoms with E-state index in [0.29, 0.717) is 18.7 Å². The van der Waals surface area contributed by atoms with Gasteiger partial charge < -0.3 is 15.4 Å². The Bertz CT molecular complexity index is 839. The molecule has 0 saturated heterocycles. The van der Waals surface area contributed by atoms with Gasteiger partial charge in [0.05, 0.1) is 13.0 Å². The Morgan fingerprint density at radius 2 is 1.88 bits per heavy atom. The van der Waals surface area contributed by atoms with Crippen LogP contribution in [0.2, 0.25) is 0 Å². The number of benzene rings is 1. The fourth-order valence-corrected chi connectivity index (χ4v) is 4.34. The van der Waals surface area contributed by atoms with Crippen molar-refractivity contribution in [3.8, 4) is 5.75 Å². The molecule has 25 heavy (non-hydrogen) atoms. The summed E-state index contributed by atoms with van der Waals surface area (Å²) >= 11 is 3.42. The first-order valence-electron chi connectivity index (χ1n) is 7.79. The van der Waals surface area contributed by atoms with E-state index in [0.717, 1.165) is 10.4 Å². The van der Waals surface area contributed by atoms with Crippen molar-refractivity contribution < 1.29 is 14.3 Å². The van der Waals surface area contributed by atoms with Crippen molar-refractivity contribution >= 4 is 43.9 Å². The van der Waals surface area contributed by atoms with Gasteiger partial charge in [0.2, 0.25) is 5.91 Å². The summed E-state index contributed by atoms with van der Waals surface area (Å²) in [5.41, 5.74) is 0.900. The Morgan fingerprint density at radius 1 is 1.08 bits per heavy atom. The Labute approximate surface area is 153 Å². The molecule has 7 heteroatoms. The van der Waals surface area contributed by atoms with Crippen LogP contribution in [-0.2, 0) is 22.6 Å². The van der Waals surface area contributed by atoms with Crippen molar-refractivity contribution in [3.63, 3.8) is 0 Å². The van der Waals surface area contributed by atoms with Crippen molar-refractivity contribution in [1.29, 1.82) is 0 Å². The standard InChI is InChI=1S/C18H18N2O3S2/c1-19-18(22)11-23-13-4-2-12(3-5-13)8-17(21)20-10-14-9-16-15(25-14)6-7-24-16/h2-7,9H,8,10-11H2,1H3,(H,19,22)(H,20,21). The van der Waals surface area contributed by atoms with E-state index in [2.05, 4.69) is 28.1 Å². The summed E-state index contributed by atoms with van der Waals surface area (Å²) < 4.78 is 7.87. The highest BCUT2D eigenvalue weighted by atomic mass is 32.1. The molecule has 0 atom stereocenters. The molecule has 0 bridgehead atoms. The number of nitrogens with one attached hydrogen (secondary N) is 2. The van der Waals surface area contributed by atoms with Crippen LogP contribution in [0.5, 0.6) is 5.75 Å². The van der Waals surface area contributed by atoms with Gasteiger partial charge in [-0.1, -0.05) is 12.1 Å². The first-order valence-corrected chi connectivity index (χ1v) is 9.48. The molecule has 5 nitrogen and oxygen atoms in total. The normalized spacial score (nSPS) is 10.6. The highest BCUT2D eigenvalue weighted by Gasteiger charge is 2.07. The van der Waals surface area contributed by atoms with Crippen LogP contribution in [0.4, 0.5) is 0 Å². The van der Waals surface area contributed by atoms with E-state index in [1.54, 1.807) is 41.9 Å². The molecule has 0 fully saturated rings. The zero-order valence-electron chi connectivity index (χ0n) is 13.7. The number of rotatable bonds is 7. The fourth-order valence-electron chi connectivity index (χ4n) is 2.26. The zero-order chi connectivity index (χ0) is 17.6. The van der Waals surface area contributed by atoms with Crippen molar-refractivity contribution in [1.82, 2.24) is 10.6 Å². The molecule has 0 aliphatic rings. The van der Waals surface area contributed by atoms with Gasteiger partial charge in [0.1, 0.15) is 5.75 Å². The number of hydrogen-bond donors (Lipinski definition) is 2. The molecular formula is C18H18N2O3S2. The summed E-state index contributed by atoms with van der Waals surface area (Å²) in [4.78, 5) is 24.4. The lowest BCUT2D eigenvalue weighted by molar-refractivity contribution is -0.122. The number of fused-ring (bicyclic) bond motifs is 1. The van der Waals surface area contributed by atoms with Gasteiger partial charge in [0.15, 0.2) is 6.61 Å². The third kappa shape index (κ3) is 4.80. The maximum Gasteiger partial charge on any atom is 0.257 e. The first kappa shape index (κ1) is 17.4. The highest BCUT2D eigenvalue weighted by molar-refractivity contribution is 7.26. The summed E-state index contributed by atoms with van der Waals surface area (Å²) in [5.74, 6) is 0.402. The van der Waals surface area contributed by atoms with Gasteiger partial charge in [0, 0.05) is 21.3 Å². The second-order valence-corrected chi connectivity index (χ2v) is 7.54. The van der Waals surface area contributed by atoms with E-state index in [1.807, 2.05) is 12.1 Å². The molecule has 2 amide bonds. The number of ether oxygens (including phenoxy) is 1. The number of thiophene rings is 2. The minimum absolute atomic E-state index is 0.0178. The molecule has 130 valence electrons. The van der Waals surface area contributed by atoms with E-state index >= 15 is 0 Å². The summed E-state index contributed by atoms with van der Waals surface area (Å²) in [6, 6.07) is 11.4. The van der Waals surface area contributed by atoms with Crippen LogP contribution in [0.25, 0.3) is 9.40 Å². The number of amides is 2. The van der Waals surface area contributed by atoms with Gasteiger partial charge in [-0.15, -0.1) is 22.7 Å². The van der Waals surface area contributed by atoms with Crippen molar-refractivity contribution in [3.05, 3.63) is 52.2 Å². The predicted octanol–water partition coefficient (Wildman–Crippen LogP) is 2.95. The quantitative estimate of drug-likeness (QED) is 0.668. The van der Waals surface area contributed by atoms with Crippen molar-refractivity contribution in [2.75, 3.05) is 13.7 Å². The zero-order valence-corrected chi connectivity index (χ0v) is 15.3. The largest absolute Gasteiger partial charge is 0.484 e. The topological polar surface area (TPSA) is 67.4 Å². The van der Waals surface area contributed by atoms with Gasteiger partial charge >= 0.3 is 0 Å². The number of carbonyl (C=O) groups is 2. The Balaban J connectivity index is 1.47. The average molecular weight is 374 g/mol. The van der Waals surface area contributed by atoms with Gasteiger partial charge in [0.25, 0.3) is 5.91 Å². The van der Waals surface area contributed by atoms with Crippen LogP contribution in [0, 0.1) is 0 Å². The van der Waals surface area contributed by atoms with Crippen LogP contribution in [0.3, 0.4) is 0 Å². The number of likely N-dealkylation sites (N-methyl/N-ethyl adjacent to an activating group) is 1. The number of carbonyl (C=O) groups excluding carboxylic acids is 2. The van der Waals surface area contributed by atoms with E-state index in [-0.39, 0.29) is 18.4 Å². The van der Waals surface area contributed by atoms with E-state index in [1.165, 1.54) is 9.40 Å². The Hall–Kier alpha value is -2.38. The van der Waals surface area contributed by atoms with E-state index < -0.39 is 0 Å². The second-order valence-electron chi connectivity index (χ2n) is 5.42. The average Bonchev–Trinajstić information content (AvgIpc) is 3.20. The predicted molar refractivity (Wildman–Crippen MR) is 101 cm³/mol. The fraction of sp³-hybridized carbons (Fsp3) is 0.222. The van der Waals surface area contributed by atoms with E-state index in [4.69, 9.17) is 4.74 Å². The van der Waals surface area contributed by atoms with E-state index in [9.17, 15) is 9.59 Å². The summed E-state index contributed by atoms with van der Waals surface area (Å²) in [6.07, 6.45) is 0.315. The molecule has 2 N–H and O–H groups in total. The number of hydrogen-bond acceptors (Lipinski definition) is 5. The molecule has 2 heterocycles. The SMILES string of the molecule is CNC(=O)COc1ccc(CC(=O)NCc2cc3sccc3s2)cc1. The first-order chi connectivity index (χ1) is 12.1. The second kappa shape index (κ2) is 8.13. The lowest BCUT2D eigenvalue weighted by atomic mass is 10.1. The molecule has 3 aromatic rings. The Kier molecular flexibility index (Phi) is 5.67.